The van der Waals surface area contributed by atoms with Gasteiger partial charge in [-0.3, -0.25) is 33.8 Å². The third kappa shape index (κ3) is 26.8. The van der Waals surface area contributed by atoms with Gasteiger partial charge in [0, 0.05) is 98.1 Å². The Morgan fingerprint density at radius 2 is 0.794 bits per heavy atom. The minimum atomic E-state index is -3.53. The van der Waals surface area contributed by atoms with Crippen LogP contribution in [0.4, 0.5) is 13.2 Å². The molecule has 0 spiro atoms. The lowest BCUT2D eigenvalue weighted by atomic mass is 9.93. The van der Waals surface area contributed by atoms with Crippen molar-refractivity contribution in [2.24, 2.45) is 37.9 Å². The number of aliphatic hydroxyl groups excluding tert-OH is 1. The molecule has 2 saturated carbocycles. The van der Waals surface area contributed by atoms with Crippen molar-refractivity contribution in [3.63, 3.8) is 0 Å². The van der Waals surface area contributed by atoms with E-state index in [4.69, 9.17) is 0 Å². The Hall–Kier alpha value is -7.24. The van der Waals surface area contributed by atoms with Gasteiger partial charge in [0.05, 0.1) is 25.3 Å². The Morgan fingerprint density at radius 3 is 1.12 bits per heavy atom. The highest BCUT2D eigenvalue weighted by Gasteiger charge is 2.65. The van der Waals surface area contributed by atoms with Gasteiger partial charge < -0.3 is 60.5 Å². The summed E-state index contributed by atoms with van der Waals surface area (Å²) >= 11 is 0. The molecule has 564 valence electrons. The molecule has 4 amide bonds. The first-order chi connectivity index (χ1) is 45.7. The maximum Gasteiger partial charge on any atom is 0.313 e. The second kappa shape index (κ2) is 33.3. The summed E-state index contributed by atoms with van der Waals surface area (Å²) in [4.78, 5) is 77.5. The number of ketones is 2. The van der Waals surface area contributed by atoms with Crippen molar-refractivity contribution in [1.82, 2.24) is 24.6 Å². The molecule has 4 saturated heterocycles. The van der Waals surface area contributed by atoms with E-state index in [1.165, 1.54) is 30.9 Å². The van der Waals surface area contributed by atoms with E-state index >= 15 is 0 Å². The molecule has 0 bridgehead atoms. The number of halogens is 3. The zero-order valence-corrected chi connectivity index (χ0v) is 65.0. The summed E-state index contributed by atoms with van der Waals surface area (Å²) in [6.07, 6.45) is 4.31. The van der Waals surface area contributed by atoms with E-state index in [0.717, 1.165) is 40.3 Å². The van der Waals surface area contributed by atoms with Crippen LogP contribution in [0.1, 0.15) is 208 Å². The fourth-order valence-electron chi connectivity index (χ4n) is 9.63. The molecule has 6 fully saturated rings. The van der Waals surface area contributed by atoms with Gasteiger partial charge in [0.15, 0.2) is 34.5 Å². The Kier molecular flexibility index (Phi) is 29.6. The van der Waals surface area contributed by atoms with E-state index in [1.54, 1.807) is 34.0 Å². The van der Waals surface area contributed by atoms with Crippen LogP contribution < -0.4 is 0 Å². The number of nitrogens with zero attached hydrogens (tertiary/aromatic N) is 5. The van der Waals surface area contributed by atoms with Crippen LogP contribution >= 0.6 is 0 Å². The lowest BCUT2D eigenvalue weighted by Crippen LogP contribution is -2.49. The molecule has 9 atom stereocenters. The number of aromatic nitrogens is 1. The summed E-state index contributed by atoms with van der Waals surface area (Å²) in [6.45, 7) is 39.8. The highest BCUT2D eigenvalue weighted by atomic mass is 19.3. The van der Waals surface area contributed by atoms with Crippen molar-refractivity contribution in [3.8, 4) is 82.9 Å². The van der Waals surface area contributed by atoms with E-state index < -0.39 is 87.1 Å². The number of amides is 4. The fraction of sp³-hybridized carbons (Fsp3) is 0.688. The molecule has 9 unspecified atom stereocenters. The first-order valence-electron chi connectivity index (χ1n) is 34.3. The summed E-state index contributed by atoms with van der Waals surface area (Å²) in [5.41, 5.74) is -12.1. The van der Waals surface area contributed by atoms with Gasteiger partial charge in [0.2, 0.25) is 16.8 Å². The number of carbonyl (C=O) groups is 6. The number of hydrogen-bond donors (Lipinski definition) is 8. The van der Waals surface area contributed by atoms with Crippen molar-refractivity contribution in [2.45, 2.75) is 261 Å². The highest BCUT2D eigenvalue weighted by molar-refractivity contribution is 5.94. The summed E-state index contributed by atoms with van der Waals surface area (Å²) in [5, 5.41) is 79.0. The molecule has 8 rings (SSSR count). The van der Waals surface area contributed by atoms with Crippen molar-refractivity contribution in [1.29, 1.82) is 0 Å². The molecule has 3 aliphatic carbocycles. The van der Waals surface area contributed by atoms with Gasteiger partial charge in [-0.1, -0.05) is 89.0 Å². The van der Waals surface area contributed by atoms with Crippen LogP contribution in [0.25, 0.3) is 0 Å². The summed E-state index contributed by atoms with van der Waals surface area (Å²) in [5.74, 6) is 31.5. The zero-order valence-electron chi connectivity index (χ0n) is 65.0. The fourth-order valence-corrected chi connectivity index (χ4v) is 9.63. The summed E-state index contributed by atoms with van der Waals surface area (Å²) < 4.78 is 40.3. The van der Waals surface area contributed by atoms with Gasteiger partial charge in [-0.15, -0.1) is 0 Å². The number of alkyl halides is 3. The predicted molar refractivity (Wildman–Crippen MR) is 386 cm³/mol. The van der Waals surface area contributed by atoms with Gasteiger partial charge >= 0.3 is 5.92 Å². The maximum atomic E-state index is 13.5. The smallest absolute Gasteiger partial charge is 0.313 e. The standard InChI is InChI=1S/C14H17NO.C11H15F2NO2.C11H16FNO2.C11H17NO3.C11H17NO2.2C11H16O2/c1-13(2,3)8-9-14(16)7-6-11-5-4-10-15-12(11)14;1-9(2,3)5-6-10(16)8(15)14(4)7-11(10,12)13;1-10(2,3)5-6-11(15)8(12)7-13(4)9(11)14;1-10(2,3)5-6-11(15)8(13)7-12(4)9(11)14;1-10(2,3)5-6-11(14)7-8-12(4)9(11)13;2*1-10(2,3)7-8-11(13)6-4-5-9(11)12/h4-5,10,16H,6-7H2,1-3H3;16H,7H2,1-4H3;8,15H,7H2,1-4H3;8,13,15H,7H2,1-4H3;14H,7-8H2,1-4H3;2*13H,4-6H2,1-3H3. The van der Waals surface area contributed by atoms with E-state index in [2.05, 4.69) is 81.9 Å². The van der Waals surface area contributed by atoms with E-state index in [-0.39, 0.29) is 63.1 Å². The predicted octanol–water partition coefficient (Wildman–Crippen LogP) is 6.99. The number of Topliss-reactive ketones (excluding diaryl/α,β-unsaturated/α-hetero) is 2. The third-order valence-electron chi connectivity index (χ3n) is 15.6. The molecule has 7 aliphatic rings. The van der Waals surface area contributed by atoms with Crippen molar-refractivity contribution in [3.05, 3.63) is 29.6 Å². The van der Waals surface area contributed by atoms with Gasteiger partial charge in [-0.05, 0) is 196 Å². The summed E-state index contributed by atoms with van der Waals surface area (Å²) in [6, 6.07) is 3.92. The summed E-state index contributed by atoms with van der Waals surface area (Å²) in [7, 11) is 5.87. The lowest BCUT2D eigenvalue weighted by molar-refractivity contribution is -0.153. The van der Waals surface area contributed by atoms with E-state index in [0.29, 0.717) is 45.1 Å². The number of hydrogen-bond acceptors (Lipinski definition) is 15. The van der Waals surface area contributed by atoms with Crippen LogP contribution in [0.3, 0.4) is 0 Å². The Morgan fingerprint density at radius 1 is 0.431 bits per heavy atom. The monoisotopic (exact) mass is 1430 g/mol. The molecule has 8 N–H and O–H groups in total. The molecule has 22 heteroatoms. The van der Waals surface area contributed by atoms with Crippen molar-refractivity contribution >= 4 is 35.2 Å². The Balaban J connectivity index is 0.000000405. The minimum Gasteiger partial charge on any atom is -0.387 e. The Bertz CT molecular complexity index is 3590. The molecule has 1 aromatic rings. The highest BCUT2D eigenvalue weighted by Crippen LogP contribution is 2.38. The first-order valence-corrected chi connectivity index (χ1v) is 34.3. The molecule has 19 nitrogen and oxygen atoms in total. The SMILES string of the molecule is CC(C)(C)C#CC1(O)CCCC1=O.CC(C)(C)C#CC1(O)CCCC1=O.CC(C)(C)C#CC1(O)CCc2cccnc21.CN1CC(F)(F)C(O)(C#CC(C)(C)C)C1=O.CN1CC(F)C(O)(C#CC(C)(C)C)C1=O.CN1CC(O)C(O)(C#CC(C)(C)C)C1=O.CN1CCC(O)(C#CC(C)(C)C)C1=O. The lowest BCUT2D eigenvalue weighted by Gasteiger charge is -2.20. The number of β-amino-alcohol motifs (C(OH)–C–C–N with tert-alkyl or cyclic N) is 1. The molecule has 4 aliphatic heterocycles. The number of pyridine rings is 1. The average Bonchev–Trinajstić information content (AvgIpc) is 1.56. The number of fused-ring (bicyclic) bond motifs is 1. The van der Waals surface area contributed by atoms with Crippen LogP contribution in [0.15, 0.2) is 18.3 Å². The van der Waals surface area contributed by atoms with Crippen LogP contribution in [0.5, 0.6) is 0 Å². The molecule has 1 aromatic heterocycles. The number of carbonyl (C=O) groups excluding carboxylic acids is 6. The third-order valence-corrected chi connectivity index (χ3v) is 15.6. The van der Waals surface area contributed by atoms with Crippen molar-refractivity contribution in [2.75, 3.05) is 54.4 Å². The van der Waals surface area contributed by atoms with Crippen LogP contribution in [-0.4, -0.2) is 207 Å². The topological polar surface area (TPSA) is 290 Å². The Labute approximate surface area is 605 Å². The van der Waals surface area contributed by atoms with Gasteiger partial charge in [0.1, 0.15) is 6.10 Å². The largest absolute Gasteiger partial charge is 0.387 e. The number of aryl methyl sites for hydroxylation is 1. The molecule has 5 heterocycles. The molecule has 0 aromatic carbocycles. The second-order valence-electron chi connectivity index (χ2n) is 34.4. The maximum absolute atomic E-state index is 13.5. The molecular weight excluding hydrogens is 1310 g/mol. The van der Waals surface area contributed by atoms with Gasteiger partial charge in [0.25, 0.3) is 29.2 Å². The van der Waals surface area contributed by atoms with E-state index in [1.807, 2.05) is 143 Å². The minimum absolute atomic E-state index is 0.0900. The number of likely N-dealkylation sites (tertiary alicyclic amines) is 4. The number of likely N-dealkylation sites (N-methyl/N-ethyl adjacent to an activating group) is 4. The number of rotatable bonds is 0. The molecule has 0 radical (unpaired) electrons. The van der Waals surface area contributed by atoms with Gasteiger partial charge in [-0.25, -0.2) is 4.39 Å². The number of aliphatic hydroxyl groups is 8. The molecule has 102 heavy (non-hydrogen) atoms. The zero-order chi connectivity index (χ0) is 79.5. The van der Waals surface area contributed by atoms with Crippen molar-refractivity contribution < 1.29 is 82.8 Å². The van der Waals surface area contributed by atoms with Crippen LogP contribution in [0, 0.1) is 121 Å². The quantitative estimate of drug-likeness (QED) is 0.122. The van der Waals surface area contributed by atoms with Crippen LogP contribution in [-0.2, 0) is 40.8 Å². The second-order valence-corrected chi connectivity index (χ2v) is 34.4. The van der Waals surface area contributed by atoms with Crippen LogP contribution in [0.2, 0.25) is 0 Å². The van der Waals surface area contributed by atoms with Gasteiger partial charge in [-0.2, -0.15) is 8.78 Å². The first kappa shape index (κ1) is 90.8. The van der Waals surface area contributed by atoms with E-state index in [9.17, 15) is 82.8 Å². The molecular formula is C80H114F3N5O14. The average molecular weight is 1430 g/mol. The normalized spacial score (nSPS) is 28.5.